The number of rotatable bonds is 5. The quantitative estimate of drug-likeness (QED) is 0.802. The minimum atomic E-state index is -2.60. The number of benzene rings is 1. The van der Waals surface area contributed by atoms with Crippen molar-refractivity contribution in [3.05, 3.63) is 45.9 Å². The van der Waals surface area contributed by atoms with Crippen molar-refractivity contribution in [3.8, 4) is 5.75 Å². The van der Waals surface area contributed by atoms with Crippen LogP contribution in [0.5, 0.6) is 5.75 Å². The number of para-hydroxylation sites is 1. The Bertz CT molecular complexity index is 787. The Kier molecular flexibility index (Phi) is 5.06. The topological polar surface area (TPSA) is 50.3 Å². The summed E-state index contributed by atoms with van der Waals surface area (Å²) in [5.74, 6) is 0.808. The fourth-order valence-corrected chi connectivity index (χ4v) is 3.29. The average Bonchev–Trinajstić information content (AvgIpc) is 2.94. The Morgan fingerprint density at radius 2 is 1.96 bits per heavy atom. The van der Waals surface area contributed by atoms with Crippen LogP contribution >= 0.6 is 11.6 Å². The fraction of sp³-hybridized carbons (Fsp3) is 0.412. The van der Waals surface area contributed by atoms with Crippen molar-refractivity contribution in [3.63, 3.8) is 0 Å². The van der Waals surface area contributed by atoms with Crippen LogP contribution in [-0.2, 0) is 13.1 Å². The number of ether oxygens (including phenoxy) is 1. The molecule has 0 radical (unpaired) electrons. The van der Waals surface area contributed by atoms with Crippen molar-refractivity contribution in [1.29, 1.82) is 0 Å². The van der Waals surface area contributed by atoms with Gasteiger partial charge in [-0.2, -0.15) is 0 Å². The number of halogens is 3. The molecule has 1 atom stereocenters. The maximum absolute atomic E-state index is 13.2. The lowest BCUT2D eigenvalue weighted by molar-refractivity contribution is 0.147. The predicted octanol–water partition coefficient (Wildman–Crippen LogP) is 4.19. The number of aromatic nitrogens is 2. The van der Waals surface area contributed by atoms with Gasteiger partial charge in [0.15, 0.2) is 0 Å². The summed E-state index contributed by atoms with van der Waals surface area (Å²) in [6.45, 7) is 3.27. The van der Waals surface area contributed by atoms with E-state index in [9.17, 15) is 8.78 Å². The minimum absolute atomic E-state index is 0.126. The lowest BCUT2D eigenvalue weighted by Crippen LogP contribution is -2.13. The molecule has 0 spiro atoms. The molecule has 5 nitrogen and oxygen atoms in total. The third kappa shape index (κ3) is 3.52. The summed E-state index contributed by atoms with van der Waals surface area (Å²) in [5, 5.41) is 3.44. The highest BCUT2D eigenvalue weighted by molar-refractivity contribution is 6.28. The molecule has 3 rings (SSSR count). The molecule has 134 valence electrons. The Labute approximate surface area is 150 Å². The summed E-state index contributed by atoms with van der Waals surface area (Å²) in [7, 11) is 3.38. The molecule has 1 unspecified atom stereocenters. The molecular formula is C17H19ClF2N4O. The van der Waals surface area contributed by atoms with Gasteiger partial charge in [-0.3, -0.25) is 4.90 Å². The minimum Gasteiger partial charge on any atom is -0.496 e. The smallest absolute Gasteiger partial charge is 0.267 e. The van der Waals surface area contributed by atoms with E-state index in [1.54, 1.807) is 12.1 Å². The van der Waals surface area contributed by atoms with E-state index in [0.29, 0.717) is 24.5 Å². The van der Waals surface area contributed by atoms with Crippen LogP contribution in [0.15, 0.2) is 18.2 Å². The van der Waals surface area contributed by atoms with Crippen LogP contribution in [0.2, 0.25) is 5.28 Å². The summed E-state index contributed by atoms with van der Waals surface area (Å²) < 4.78 is 31.7. The lowest BCUT2D eigenvalue weighted by Gasteiger charge is -2.21. The third-order valence-electron chi connectivity index (χ3n) is 4.25. The van der Waals surface area contributed by atoms with Gasteiger partial charge < -0.3 is 10.1 Å². The van der Waals surface area contributed by atoms with E-state index in [4.69, 9.17) is 16.3 Å². The van der Waals surface area contributed by atoms with E-state index in [1.807, 2.05) is 14.0 Å². The molecule has 2 aromatic rings. The van der Waals surface area contributed by atoms with Gasteiger partial charge in [0.25, 0.3) is 6.43 Å². The van der Waals surface area contributed by atoms with Gasteiger partial charge in [0.1, 0.15) is 11.6 Å². The van der Waals surface area contributed by atoms with E-state index in [0.717, 1.165) is 11.3 Å². The number of nitrogens with one attached hydrogen (secondary N) is 1. The first-order valence-electron chi connectivity index (χ1n) is 7.86. The molecule has 2 heterocycles. The summed E-state index contributed by atoms with van der Waals surface area (Å²) in [5.41, 5.74) is 2.36. The summed E-state index contributed by atoms with van der Waals surface area (Å²) >= 11 is 6.03. The molecule has 8 heteroatoms. The van der Waals surface area contributed by atoms with Gasteiger partial charge in [0.05, 0.1) is 24.4 Å². The van der Waals surface area contributed by atoms with Gasteiger partial charge in [0, 0.05) is 24.2 Å². The molecular weight excluding hydrogens is 350 g/mol. The predicted molar refractivity (Wildman–Crippen MR) is 92.2 cm³/mol. The molecule has 25 heavy (non-hydrogen) atoms. The van der Waals surface area contributed by atoms with Crippen LogP contribution in [0.25, 0.3) is 0 Å². The zero-order chi connectivity index (χ0) is 18.1. The van der Waals surface area contributed by atoms with Crippen LogP contribution < -0.4 is 10.1 Å². The van der Waals surface area contributed by atoms with Crippen LogP contribution in [-0.4, -0.2) is 29.0 Å². The molecule has 0 saturated carbocycles. The third-order valence-corrected chi connectivity index (χ3v) is 4.42. The Balaban J connectivity index is 1.94. The van der Waals surface area contributed by atoms with Crippen LogP contribution in [0.1, 0.15) is 41.8 Å². The Morgan fingerprint density at radius 1 is 1.24 bits per heavy atom. The Hall–Kier alpha value is -1.99. The largest absolute Gasteiger partial charge is 0.496 e. The molecule has 0 fully saturated rings. The molecule has 0 amide bonds. The van der Waals surface area contributed by atoms with Crippen molar-refractivity contribution in [1.82, 2.24) is 14.9 Å². The first-order valence-corrected chi connectivity index (χ1v) is 8.23. The van der Waals surface area contributed by atoms with Gasteiger partial charge in [0.2, 0.25) is 5.28 Å². The highest BCUT2D eigenvalue weighted by atomic mass is 35.5. The highest BCUT2D eigenvalue weighted by Gasteiger charge is 2.25. The van der Waals surface area contributed by atoms with Crippen molar-refractivity contribution in [2.75, 3.05) is 19.5 Å². The highest BCUT2D eigenvalue weighted by Crippen LogP contribution is 2.37. The maximum atomic E-state index is 13.2. The van der Waals surface area contributed by atoms with Gasteiger partial charge in [-0.1, -0.05) is 12.1 Å². The molecule has 0 bridgehead atoms. The molecule has 1 aromatic heterocycles. The molecule has 1 aliphatic rings. The second-order valence-corrected chi connectivity index (χ2v) is 6.41. The second kappa shape index (κ2) is 7.09. The van der Waals surface area contributed by atoms with Gasteiger partial charge >= 0.3 is 0 Å². The Morgan fingerprint density at radius 3 is 2.64 bits per heavy atom. The summed E-state index contributed by atoms with van der Waals surface area (Å²) in [4.78, 5) is 10.7. The SMILES string of the molecule is COc1c(C(F)F)cccc1C(C)Nc1nc(Cl)nc2c1CN(C)C2. The van der Waals surface area contributed by atoms with Crippen molar-refractivity contribution in [2.45, 2.75) is 32.5 Å². The second-order valence-electron chi connectivity index (χ2n) is 6.08. The standard InChI is InChI=1S/C17H19ClF2N4O/c1-9(10-5-4-6-11(15(19)20)14(10)25-3)21-16-12-7-24(2)8-13(12)22-17(18)23-16/h4-6,9,15H,7-8H2,1-3H3,(H,21,22,23). The van der Waals surface area contributed by atoms with E-state index in [-0.39, 0.29) is 22.6 Å². The average molecular weight is 369 g/mol. The van der Waals surface area contributed by atoms with E-state index in [1.165, 1.54) is 13.2 Å². The normalized spacial score (nSPS) is 15.3. The first kappa shape index (κ1) is 17.8. The number of hydrogen-bond donors (Lipinski definition) is 1. The number of fused-ring (bicyclic) bond motifs is 1. The first-order chi connectivity index (χ1) is 11.9. The number of methoxy groups -OCH3 is 1. The van der Waals surface area contributed by atoms with E-state index < -0.39 is 6.43 Å². The van der Waals surface area contributed by atoms with Crippen LogP contribution in [0, 0.1) is 0 Å². The molecule has 1 aromatic carbocycles. The zero-order valence-corrected chi connectivity index (χ0v) is 14.9. The fourth-order valence-electron chi connectivity index (χ4n) is 3.10. The lowest BCUT2D eigenvalue weighted by atomic mass is 10.0. The van der Waals surface area contributed by atoms with E-state index >= 15 is 0 Å². The molecule has 1 aliphatic heterocycles. The van der Waals surface area contributed by atoms with Crippen LogP contribution in [0.3, 0.4) is 0 Å². The van der Waals surface area contributed by atoms with Gasteiger partial charge in [-0.25, -0.2) is 18.7 Å². The summed E-state index contributed by atoms with van der Waals surface area (Å²) in [6, 6.07) is 4.43. The number of nitrogens with zero attached hydrogens (tertiary/aromatic N) is 3. The molecule has 1 N–H and O–H groups in total. The monoisotopic (exact) mass is 368 g/mol. The molecule has 0 aliphatic carbocycles. The number of alkyl halides is 2. The molecule has 0 saturated heterocycles. The van der Waals surface area contributed by atoms with E-state index in [2.05, 4.69) is 20.2 Å². The number of hydrogen-bond acceptors (Lipinski definition) is 5. The zero-order valence-electron chi connectivity index (χ0n) is 14.2. The maximum Gasteiger partial charge on any atom is 0.267 e. The number of anilines is 1. The van der Waals surface area contributed by atoms with Crippen molar-refractivity contribution < 1.29 is 13.5 Å². The van der Waals surface area contributed by atoms with Crippen molar-refractivity contribution in [2.24, 2.45) is 0 Å². The van der Waals surface area contributed by atoms with Gasteiger partial charge in [-0.05, 0) is 31.6 Å². The van der Waals surface area contributed by atoms with Crippen LogP contribution in [0.4, 0.5) is 14.6 Å². The summed E-state index contributed by atoms with van der Waals surface area (Å²) in [6.07, 6.45) is -2.60. The van der Waals surface area contributed by atoms with Gasteiger partial charge in [-0.15, -0.1) is 0 Å². The van der Waals surface area contributed by atoms with Crippen molar-refractivity contribution >= 4 is 17.4 Å².